The van der Waals surface area contributed by atoms with Crippen molar-refractivity contribution in [3.8, 4) is 0 Å². The summed E-state index contributed by atoms with van der Waals surface area (Å²) in [7, 11) is 0. The first-order chi connectivity index (χ1) is 9.16. The number of hydroxylamine groups is 2. The molecule has 1 aromatic rings. The third kappa shape index (κ3) is 2.38. The highest BCUT2D eigenvalue weighted by Gasteiger charge is 2.53. The lowest BCUT2D eigenvalue weighted by molar-refractivity contribution is -0.307. The van der Waals surface area contributed by atoms with Crippen molar-refractivity contribution in [2.24, 2.45) is 0 Å². The normalized spacial score (nSPS) is 38.6. The highest BCUT2D eigenvalue weighted by atomic mass is 16.7. The van der Waals surface area contributed by atoms with E-state index >= 15 is 0 Å². The van der Waals surface area contributed by atoms with Gasteiger partial charge in [0.25, 0.3) is 0 Å². The van der Waals surface area contributed by atoms with Crippen LogP contribution in [-0.4, -0.2) is 57.6 Å². The van der Waals surface area contributed by atoms with E-state index in [1.807, 2.05) is 30.3 Å². The van der Waals surface area contributed by atoms with Gasteiger partial charge in [-0.05, 0) is 5.56 Å². The van der Waals surface area contributed by atoms with Crippen LogP contribution >= 0.6 is 0 Å². The average molecular weight is 267 g/mol. The number of ether oxygens (including phenoxy) is 1. The molecule has 0 spiro atoms. The Morgan fingerprint density at radius 1 is 1.16 bits per heavy atom. The van der Waals surface area contributed by atoms with E-state index in [-0.39, 0.29) is 6.54 Å². The first kappa shape index (κ1) is 13.0. The van der Waals surface area contributed by atoms with E-state index in [1.54, 1.807) is 0 Å². The standard InChI is InChI=1S/C13H17NO5/c15-9-6-14(13-11(17)10(16)12(9)19-13)18-7-8-4-2-1-3-5-8/h1-5,9-13,15-17H,6-7H2/t9-,10?,11?,12+,13+/m1/s1. The minimum atomic E-state index is -1.08. The van der Waals surface area contributed by atoms with E-state index in [0.29, 0.717) is 6.61 Å². The molecule has 2 saturated heterocycles. The van der Waals surface area contributed by atoms with Crippen LogP contribution in [0.15, 0.2) is 30.3 Å². The molecule has 3 N–H and O–H groups in total. The third-order valence-electron chi connectivity index (χ3n) is 3.55. The molecule has 0 aliphatic carbocycles. The highest BCUT2D eigenvalue weighted by Crippen LogP contribution is 2.31. The van der Waals surface area contributed by atoms with Crippen molar-refractivity contribution in [3.63, 3.8) is 0 Å². The molecule has 2 heterocycles. The Hall–Kier alpha value is -1.02. The number of benzene rings is 1. The molecule has 0 amide bonds. The molecule has 0 saturated carbocycles. The van der Waals surface area contributed by atoms with Crippen LogP contribution in [0.5, 0.6) is 0 Å². The first-order valence-electron chi connectivity index (χ1n) is 6.30. The van der Waals surface area contributed by atoms with Crippen LogP contribution in [-0.2, 0) is 16.2 Å². The maximum Gasteiger partial charge on any atom is 0.162 e. The maximum atomic E-state index is 9.85. The Kier molecular flexibility index (Phi) is 3.53. The van der Waals surface area contributed by atoms with Crippen LogP contribution in [0, 0.1) is 0 Å². The molecular formula is C13H17NO5. The van der Waals surface area contributed by atoms with Gasteiger partial charge in [-0.1, -0.05) is 30.3 Å². The summed E-state index contributed by atoms with van der Waals surface area (Å²) in [6.07, 6.45) is -4.49. The largest absolute Gasteiger partial charge is 0.389 e. The minimum absolute atomic E-state index is 0.205. The van der Waals surface area contributed by atoms with Gasteiger partial charge in [-0.25, -0.2) is 0 Å². The molecule has 6 heteroatoms. The van der Waals surface area contributed by atoms with Crippen molar-refractivity contribution >= 4 is 0 Å². The number of aliphatic hydroxyl groups is 3. The number of fused-ring (bicyclic) bond motifs is 2. The first-order valence-corrected chi connectivity index (χ1v) is 6.30. The molecule has 0 radical (unpaired) electrons. The zero-order chi connectivity index (χ0) is 13.4. The van der Waals surface area contributed by atoms with Crippen molar-refractivity contribution < 1.29 is 24.9 Å². The highest BCUT2D eigenvalue weighted by molar-refractivity contribution is 5.13. The third-order valence-corrected chi connectivity index (χ3v) is 3.55. The number of rotatable bonds is 3. The molecule has 5 atom stereocenters. The van der Waals surface area contributed by atoms with Crippen LogP contribution in [0.1, 0.15) is 5.56 Å². The van der Waals surface area contributed by atoms with Gasteiger partial charge < -0.3 is 20.1 Å². The van der Waals surface area contributed by atoms with Crippen LogP contribution < -0.4 is 0 Å². The lowest BCUT2D eigenvalue weighted by atomic mass is 10.1. The van der Waals surface area contributed by atoms with Gasteiger partial charge in [0.15, 0.2) is 6.23 Å². The van der Waals surface area contributed by atoms with Crippen LogP contribution in [0.3, 0.4) is 0 Å². The summed E-state index contributed by atoms with van der Waals surface area (Å²) in [6, 6.07) is 9.57. The summed E-state index contributed by atoms with van der Waals surface area (Å²) < 4.78 is 5.39. The fourth-order valence-corrected chi connectivity index (χ4v) is 2.49. The second kappa shape index (κ2) is 5.16. The quantitative estimate of drug-likeness (QED) is 0.668. The van der Waals surface area contributed by atoms with Crippen LogP contribution in [0.2, 0.25) is 0 Å². The zero-order valence-electron chi connectivity index (χ0n) is 10.3. The van der Waals surface area contributed by atoms with Crippen molar-refractivity contribution in [2.75, 3.05) is 6.54 Å². The molecule has 2 aliphatic rings. The second-order valence-corrected chi connectivity index (χ2v) is 4.90. The van der Waals surface area contributed by atoms with E-state index in [0.717, 1.165) is 5.56 Å². The lowest BCUT2D eigenvalue weighted by Crippen LogP contribution is -2.51. The molecule has 1 aromatic carbocycles. The predicted octanol–water partition coefficient (Wildman–Crippen LogP) is -0.759. The SMILES string of the molecule is OC1C(O)[C@@H]2O[C@H]1[C@H](O)CN2OCc1ccccc1. The lowest BCUT2D eigenvalue weighted by Gasteiger charge is -2.35. The molecule has 104 valence electrons. The fraction of sp³-hybridized carbons (Fsp3) is 0.538. The summed E-state index contributed by atoms with van der Waals surface area (Å²) in [5.74, 6) is 0. The van der Waals surface area contributed by atoms with E-state index in [2.05, 4.69) is 0 Å². The topological polar surface area (TPSA) is 82.4 Å². The van der Waals surface area contributed by atoms with Gasteiger partial charge in [-0.15, -0.1) is 0 Å². The monoisotopic (exact) mass is 267 g/mol. The predicted molar refractivity (Wildman–Crippen MR) is 64.6 cm³/mol. The summed E-state index contributed by atoms with van der Waals surface area (Å²) >= 11 is 0. The summed E-state index contributed by atoms with van der Waals surface area (Å²) in [4.78, 5) is 5.57. The fourth-order valence-electron chi connectivity index (χ4n) is 2.49. The van der Waals surface area contributed by atoms with Gasteiger partial charge in [0.1, 0.15) is 18.3 Å². The van der Waals surface area contributed by atoms with E-state index < -0.39 is 30.6 Å². The maximum absolute atomic E-state index is 9.85. The summed E-state index contributed by atoms with van der Waals surface area (Å²) in [5.41, 5.74) is 0.979. The molecule has 2 aliphatic heterocycles. The van der Waals surface area contributed by atoms with Gasteiger partial charge in [-0.3, -0.25) is 4.84 Å². The molecule has 2 bridgehead atoms. The van der Waals surface area contributed by atoms with E-state index in [9.17, 15) is 15.3 Å². The minimum Gasteiger partial charge on any atom is -0.389 e. The Labute approximate surface area is 110 Å². The number of aliphatic hydroxyl groups excluding tert-OH is 3. The van der Waals surface area contributed by atoms with Crippen molar-refractivity contribution in [3.05, 3.63) is 35.9 Å². The smallest absolute Gasteiger partial charge is 0.162 e. The van der Waals surface area contributed by atoms with Gasteiger partial charge in [0, 0.05) is 0 Å². The second-order valence-electron chi connectivity index (χ2n) is 4.90. The number of β-amino-alcohol motifs (C(OH)–C–C–N with tert-alkyl or cyclic N) is 1. The van der Waals surface area contributed by atoms with Crippen LogP contribution in [0.4, 0.5) is 0 Å². The van der Waals surface area contributed by atoms with Gasteiger partial charge >= 0.3 is 0 Å². The van der Waals surface area contributed by atoms with Crippen LogP contribution in [0.25, 0.3) is 0 Å². The molecule has 19 heavy (non-hydrogen) atoms. The van der Waals surface area contributed by atoms with Crippen molar-refractivity contribution in [2.45, 2.75) is 37.3 Å². The number of nitrogens with zero attached hydrogens (tertiary/aromatic N) is 1. The van der Waals surface area contributed by atoms with Gasteiger partial charge in [0.05, 0.1) is 19.3 Å². The van der Waals surface area contributed by atoms with Gasteiger partial charge in [-0.2, -0.15) is 5.06 Å². The molecule has 3 rings (SSSR count). The molecule has 2 fully saturated rings. The van der Waals surface area contributed by atoms with Gasteiger partial charge in [0.2, 0.25) is 0 Å². The Morgan fingerprint density at radius 2 is 1.89 bits per heavy atom. The average Bonchev–Trinajstić information content (AvgIpc) is 2.69. The van der Waals surface area contributed by atoms with E-state index in [1.165, 1.54) is 5.06 Å². The van der Waals surface area contributed by atoms with E-state index in [4.69, 9.17) is 9.57 Å². The number of hydrogen-bond acceptors (Lipinski definition) is 6. The molecule has 2 unspecified atom stereocenters. The Balaban J connectivity index is 1.65. The Bertz CT molecular complexity index is 428. The number of hydrogen-bond donors (Lipinski definition) is 3. The summed E-state index contributed by atoms with van der Waals surface area (Å²) in [5, 5.41) is 30.8. The van der Waals surface area contributed by atoms with Crippen molar-refractivity contribution in [1.82, 2.24) is 5.06 Å². The Morgan fingerprint density at radius 3 is 2.63 bits per heavy atom. The molecule has 0 aromatic heterocycles. The van der Waals surface area contributed by atoms with Crippen molar-refractivity contribution in [1.29, 1.82) is 0 Å². The molecular weight excluding hydrogens is 250 g/mol. The summed E-state index contributed by atoms with van der Waals surface area (Å²) in [6.45, 7) is 0.525. The zero-order valence-corrected chi connectivity index (χ0v) is 10.3. The molecule has 6 nitrogen and oxygen atoms in total.